The van der Waals surface area contributed by atoms with Crippen molar-refractivity contribution in [2.24, 2.45) is 4.99 Å². The molecule has 136 valence electrons. The summed E-state index contributed by atoms with van der Waals surface area (Å²) in [6, 6.07) is 13.0. The fraction of sp³-hybridized carbons (Fsp3) is 0.235. The number of rotatable bonds is 5. The fourth-order valence-corrected chi connectivity index (χ4v) is 2.72. The Morgan fingerprint density at radius 1 is 1.04 bits per heavy atom. The molecule has 0 aliphatic heterocycles. The molecule has 0 saturated carbocycles. The van der Waals surface area contributed by atoms with Crippen LogP contribution < -0.4 is 10.6 Å². The number of aliphatic imine (C=N–C) groups is 1. The van der Waals surface area contributed by atoms with Gasteiger partial charge in [-0.2, -0.15) is 0 Å². The first-order valence-electron chi connectivity index (χ1n) is 7.36. The molecule has 0 bridgehead atoms. The topological polar surface area (TPSA) is 70.6 Å². The molecular weight excluding hydrogens is 456 g/mol. The highest BCUT2D eigenvalue weighted by Gasteiger charge is 2.06. The van der Waals surface area contributed by atoms with Gasteiger partial charge in [-0.1, -0.05) is 24.3 Å². The van der Waals surface area contributed by atoms with Crippen LogP contribution in [0.3, 0.4) is 0 Å². The summed E-state index contributed by atoms with van der Waals surface area (Å²) in [5, 5.41) is 6.22. The molecule has 0 aromatic heterocycles. The number of benzene rings is 2. The summed E-state index contributed by atoms with van der Waals surface area (Å²) in [6.45, 7) is 0.942. The maximum Gasteiger partial charge on any atom is 0.191 e. The highest BCUT2D eigenvalue weighted by Crippen LogP contribution is 2.10. The lowest BCUT2D eigenvalue weighted by atomic mass is 10.2. The van der Waals surface area contributed by atoms with E-state index in [9.17, 15) is 12.8 Å². The van der Waals surface area contributed by atoms with Crippen LogP contribution in [0.2, 0.25) is 0 Å². The van der Waals surface area contributed by atoms with Crippen molar-refractivity contribution in [2.45, 2.75) is 18.0 Å². The van der Waals surface area contributed by atoms with Gasteiger partial charge >= 0.3 is 0 Å². The van der Waals surface area contributed by atoms with E-state index in [1.807, 2.05) is 6.07 Å². The van der Waals surface area contributed by atoms with Crippen molar-refractivity contribution in [3.8, 4) is 0 Å². The van der Waals surface area contributed by atoms with Crippen LogP contribution in [0.15, 0.2) is 58.4 Å². The lowest BCUT2D eigenvalue weighted by Gasteiger charge is -2.12. The van der Waals surface area contributed by atoms with Gasteiger partial charge in [0.1, 0.15) is 5.82 Å². The minimum atomic E-state index is -3.19. The molecule has 0 aliphatic rings. The minimum absolute atomic E-state index is 0. The van der Waals surface area contributed by atoms with E-state index in [2.05, 4.69) is 15.6 Å². The third-order valence-corrected chi connectivity index (χ3v) is 4.51. The maximum atomic E-state index is 13.1. The second-order valence-electron chi connectivity index (χ2n) is 5.33. The van der Waals surface area contributed by atoms with Gasteiger partial charge in [0.15, 0.2) is 15.8 Å². The smallest absolute Gasteiger partial charge is 0.191 e. The number of nitrogens with zero attached hydrogens (tertiary/aromatic N) is 1. The molecule has 0 unspecified atom stereocenters. The first kappa shape index (κ1) is 21.4. The van der Waals surface area contributed by atoms with Gasteiger partial charge in [-0.3, -0.25) is 4.99 Å². The second kappa shape index (κ2) is 9.71. The predicted molar refractivity (Wildman–Crippen MR) is 108 cm³/mol. The van der Waals surface area contributed by atoms with E-state index in [-0.39, 0.29) is 29.8 Å². The van der Waals surface area contributed by atoms with E-state index < -0.39 is 9.84 Å². The lowest BCUT2D eigenvalue weighted by Crippen LogP contribution is -2.36. The van der Waals surface area contributed by atoms with E-state index >= 15 is 0 Å². The predicted octanol–water partition coefficient (Wildman–Crippen LogP) is 2.71. The molecule has 0 saturated heterocycles. The summed E-state index contributed by atoms with van der Waals surface area (Å²) in [5.41, 5.74) is 1.74. The van der Waals surface area contributed by atoms with Crippen LogP contribution in [0.5, 0.6) is 0 Å². The van der Waals surface area contributed by atoms with Crippen molar-refractivity contribution in [3.63, 3.8) is 0 Å². The first-order chi connectivity index (χ1) is 11.4. The summed E-state index contributed by atoms with van der Waals surface area (Å²) < 4.78 is 36.0. The molecule has 2 rings (SSSR count). The molecule has 0 heterocycles. The van der Waals surface area contributed by atoms with E-state index in [1.54, 1.807) is 37.4 Å². The zero-order valence-electron chi connectivity index (χ0n) is 14.0. The summed E-state index contributed by atoms with van der Waals surface area (Å²) in [6.07, 6.45) is 1.18. The van der Waals surface area contributed by atoms with Crippen LogP contribution in [0, 0.1) is 5.82 Å². The van der Waals surface area contributed by atoms with Gasteiger partial charge in [-0.25, -0.2) is 12.8 Å². The zero-order chi connectivity index (χ0) is 17.6. The number of guanidine groups is 1. The van der Waals surface area contributed by atoms with Crippen molar-refractivity contribution in [3.05, 3.63) is 65.5 Å². The molecule has 0 amide bonds. The van der Waals surface area contributed by atoms with Crippen molar-refractivity contribution in [1.29, 1.82) is 0 Å². The Balaban J connectivity index is 0.00000312. The van der Waals surface area contributed by atoms with Gasteiger partial charge in [0.05, 0.1) is 4.90 Å². The van der Waals surface area contributed by atoms with Crippen LogP contribution in [-0.4, -0.2) is 27.7 Å². The normalized spacial score (nSPS) is 11.6. The van der Waals surface area contributed by atoms with E-state index in [0.717, 1.165) is 11.1 Å². The van der Waals surface area contributed by atoms with E-state index in [4.69, 9.17) is 0 Å². The first-order valence-corrected chi connectivity index (χ1v) is 9.25. The molecule has 0 atom stereocenters. The highest BCUT2D eigenvalue weighted by molar-refractivity contribution is 14.0. The lowest BCUT2D eigenvalue weighted by molar-refractivity contribution is 0.602. The Hall–Kier alpha value is -1.68. The Labute approximate surface area is 164 Å². The maximum absolute atomic E-state index is 13.1. The van der Waals surface area contributed by atoms with Crippen molar-refractivity contribution < 1.29 is 12.8 Å². The molecule has 0 radical (unpaired) electrons. The molecular formula is C17H21FIN3O2S. The zero-order valence-corrected chi connectivity index (χ0v) is 17.1. The molecule has 2 aromatic carbocycles. The van der Waals surface area contributed by atoms with Gasteiger partial charge in [0, 0.05) is 26.4 Å². The average Bonchev–Trinajstić information content (AvgIpc) is 2.55. The summed E-state index contributed by atoms with van der Waals surface area (Å²) >= 11 is 0. The highest BCUT2D eigenvalue weighted by atomic mass is 127. The number of hydrogen-bond acceptors (Lipinski definition) is 3. The Bertz CT molecular complexity index is 824. The average molecular weight is 477 g/mol. The van der Waals surface area contributed by atoms with Gasteiger partial charge in [0.25, 0.3) is 0 Å². The van der Waals surface area contributed by atoms with Crippen LogP contribution >= 0.6 is 24.0 Å². The second-order valence-corrected chi connectivity index (χ2v) is 7.34. The number of sulfone groups is 1. The molecule has 8 heteroatoms. The summed E-state index contributed by atoms with van der Waals surface area (Å²) in [5.74, 6) is 0.301. The Morgan fingerprint density at radius 3 is 2.16 bits per heavy atom. The summed E-state index contributed by atoms with van der Waals surface area (Å²) in [7, 11) is -1.54. The number of halogens is 2. The molecule has 0 fully saturated rings. The Kier molecular flexibility index (Phi) is 8.30. The van der Waals surface area contributed by atoms with Crippen LogP contribution in [0.1, 0.15) is 11.1 Å². The third kappa shape index (κ3) is 6.99. The monoisotopic (exact) mass is 477 g/mol. The van der Waals surface area contributed by atoms with Crippen molar-refractivity contribution in [1.82, 2.24) is 10.6 Å². The molecule has 0 spiro atoms. The van der Waals surface area contributed by atoms with Gasteiger partial charge in [0.2, 0.25) is 0 Å². The van der Waals surface area contributed by atoms with Gasteiger partial charge in [-0.15, -0.1) is 24.0 Å². The van der Waals surface area contributed by atoms with Gasteiger partial charge < -0.3 is 10.6 Å². The van der Waals surface area contributed by atoms with Crippen LogP contribution in [0.4, 0.5) is 4.39 Å². The van der Waals surface area contributed by atoms with Crippen molar-refractivity contribution >= 4 is 39.8 Å². The summed E-state index contributed by atoms with van der Waals surface area (Å²) in [4.78, 5) is 4.39. The molecule has 25 heavy (non-hydrogen) atoms. The molecule has 2 aromatic rings. The Morgan fingerprint density at radius 2 is 1.64 bits per heavy atom. The van der Waals surface area contributed by atoms with Crippen LogP contribution in [-0.2, 0) is 22.9 Å². The van der Waals surface area contributed by atoms with Crippen LogP contribution in [0.25, 0.3) is 0 Å². The standard InChI is InChI=1S/C17H20FN3O2S.HI/c1-19-17(21-12-14-4-3-5-15(18)10-14)20-11-13-6-8-16(9-7-13)24(2,22)23;/h3-10H,11-12H2,1-2H3,(H2,19,20,21);1H. The minimum Gasteiger partial charge on any atom is -0.352 e. The van der Waals surface area contributed by atoms with Gasteiger partial charge in [-0.05, 0) is 35.4 Å². The fourth-order valence-electron chi connectivity index (χ4n) is 2.09. The SMILES string of the molecule is CN=C(NCc1ccc(S(C)(=O)=O)cc1)NCc1cccc(F)c1.I. The van der Waals surface area contributed by atoms with E-state index in [0.29, 0.717) is 23.9 Å². The van der Waals surface area contributed by atoms with Crippen molar-refractivity contribution in [2.75, 3.05) is 13.3 Å². The molecule has 0 aliphatic carbocycles. The number of nitrogens with one attached hydrogen (secondary N) is 2. The molecule has 5 nitrogen and oxygen atoms in total. The van der Waals surface area contributed by atoms with E-state index in [1.165, 1.54) is 18.4 Å². The number of hydrogen-bond donors (Lipinski definition) is 2. The third-order valence-electron chi connectivity index (χ3n) is 3.38. The largest absolute Gasteiger partial charge is 0.352 e. The molecule has 2 N–H and O–H groups in total. The quantitative estimate of drug-likeness (QED) is 0.395.